The number of Topliss-reactive ketones (excluding diaryl/α,β-unsaturated/α-hetero) is 1. The number of hydrogen-bond donors (Lipinski definition) is 0. The summed E-state index contributed by atoms with van der Waals surface area (Å²) in [5.41, 5.74) is -0.501. The van der Waals surface area contributed by atoms with Gasteiger partial charge in [0.25, 0.3) is 5.78 Å². The molecule has 100 valence electrons. The van der Waals surface area contributed by atoms with Crippen LogP contribution in [0.4, 0.5) is 13.2 Å². The highest BCUT2D eigenvalue weighted by Gasteiger charge is 2.39. The predicted molar refractivity (Wildman–Crippen MR) is 62.2 cm³/mol. The molecule has 1 aromatic carbocycles. The third-order valence-corrected chi connectivity index (χ3v) is 2.62. The first-order valence-corrected chi connectivity index (χ1v) is 5.72. The van der Waals surface area contributed by atoms with Gasteiger partial charge in [-0.3, -0.25) is 4.79 Å². The maximum Gasteiger partial charge on any atom is 0.454 e. The van der Waals surface area contributed by atoms with Crippen LogP contribution in [0.5, 0.6) is 11.5 Å². The smallest absolute Gasteiger partial charge is 0.454 e. The second kappa shape index (κ2) is 5.60. The lowest BCUT2D eigenvalue weighted by molar-refractivity contribution is -0.0885. The van der Waals surface area contributed by atoms with Crippen LogP contribution in [0.1, 0.15) is 17.3 Å². The zero-order valence-corrected chi connectivity index (χ0v) is 11.2. The van der Waals surface area contributed by atoms with E-state index in [-0.39, 0.29) is 22.6 Å². The molecular weight excluding hydrogens is 317 g/mol. The van der Waals surface area contributed by atoms with Gasteiger partial charge >= 0.3 is 6.18 Å². The van der Waals surface area contributed by atoms with Crippen LogP contribution in [-0.4, -0.2) is 25.7 Å². The SMILES string of the molecule is CCOc1cc(C(=O)C(F)(F)F)cc(Br)c1OC. The van der Waals surface area contributed by atoms with Gasteiger partial charge in [-0.2, -0.15) is 13.2 Å². The zero-order valence-electron chi connectivity index (χ0n) is 9.60. The van der Waals surface area contributed by atoms with Gasteiger partial charge in [0.1, 0.15) is 0 Å². The lowest BCUT2D eigenvalue weighted by atomic mass is 10.1. The number of ketones is 1. The Morgan fingerprint density at radius 1 is 1.39 bits per heavy atom. The Morgan fingerprint density at radius 2 is 2.00 bits per heavy atom. The molecule has 0 bridgehead atoms. The fourth-order valence-electron chi connectivity index (χ4n) is 1.32. The number of benzene rings is 1. The van der Waals surface area contributed by atoms with Gasteiger partial charge in [-0.15, -0.1) is 0 Å². The summed E-state index contributed by atoms with van der Waals surface area (Å²) >= 11 is 3.04. The van der Waals surface area contributed by atoms with Crippen molar-refractivity contribution in [3.05, 3.63) is 22.2 Å². The first-order valence-electron chi connectivity index (χ1n) is 4.93. The molecule has 0 amide bonds. The molecule has 0 N–H and O–H groups in total. The van der Waals surface area contributed by atoms with Gasteiger partial charge in [-0.1, -0.05) is 0 Å². The van der Waals surface area contributed by atoms with E-state index in [0.717, 1.165) is 12.1 Å². The van der Waals surface area contributed by atoms with Crippen molar-refractivity contribution < 1.29 is 27.4 Å². The molecule has 1 rings (SSSR count). The highest BCUT2D eigenvalue weighted by Crippen LogP contribution is 2.38. The predicted octanol–water partition coefficient (Wildman–Crippen LogP) is 3.60. The molecule has 0 aliphatic rings. The largest absolute Gasteiger partial charge is 0.492 e. The number of ether oxygens (including phenoxy) is 2. The average molecular weight is 327 g/mol. The molecule has 0 radical (unpaired) electrons. The Bertz CT molecular complexity index is 458. The lowest BCUT2D eigenvalue weighted by Gasteiger charge is -2.13. The van der Waals surface area contributed by atoms with Crippen molar-refractivity contribution in [3.63, 3.8) is 0 Å². The summed E-state index contributed by atoms with van der Waals surface area (Å²) in [5, 5.41) is 0. The molecule has 0 unspecified atom stereocenters. The summed E-state index contributed by atoms with van der Waals surface area (Å²) in [7, 11) is 1.36. The van der Waals surface area contributed by atoms with E-state index >= 15 is 0 Å². The third kappa shape index (κ3) is 3.16. The van der Waals surface area contributed by atoms with Gasteiger partial charge in [0.15, 0.2) is 11.5 Å². The van der Waals surface area contributed by atoms with Crippen LogP contribution in [0.3, 0.4) is 0 Å². The Hall–Kier alpha value is -1.24. The normalized spacial score (nSPS) is 11.2. The van der Waals surface area contributed by atoms with Gasteiger partial charge in [-0.25, -0.2) is 0 Å². The first kappa shape index (κ1) is 14.8. The molecule has 0 aliphatic heterocycles. The Balaban J connectivity index is 3.28. The number of rotatable bonds is 4. The number of methoxy groups -OCH3 is 1. The van der Waals surface area contributed by atoms with Gasteiger partial charge < -0.3 is 9.47 Å². The number of alkyl halides is 3. The fourth-order valence-corrected chi connectivity index (χ4v) is 1.93. The van der Waals surface area contributed by atoms with E-state index in [1.54, 1.807) is 6.92 Å². The van der Waals surface area contributed by atoms with Crippen molar-refractivity contribution in [1.82, 2.24) is 0 Å². The number of carbonyl (C=O) groups excluding carboxylic acids is 1. The topological polar surface area (TPSA) is 35.5 Å². The number of carbonyl (C=O) groups is 1. The van der Waals surface area contributed by atoms with E-state index in [1.165, 1.54) is 7.11 Å². The highest BCUT2D eigenvalue weighted by atomic mass is 79.9. The molecule has 0 atom stereocenters. The van der Waals surface area contributed by atoms with Crippen molar-refractivity contribution >= 4 is 21.7 Å². The second-order valence-electron chi connectivity index (χ2n) is 3.25. The van der Waals surface area contributed by atoms with E-state index in [1.807, 2.05) is 0 Å². The van der Waals surface area contributed by atoms with Gasteiger partial charge in [0.05, 0.1) is 18.2 Å². The van der Waals surface area contributed by atoms with Crippen LogP contribution in [0.15, 0.2) is 16.6 Å². The summed E-state index contributed by atoms with van der Waals surface area (Å²) < 4.78 is 47.3. The monoisotopic (exact) mass is 326 g/mol. The minimum Gasteiger partial charge on any atom is -0.492 e. The Kier molecular flexibility index (Phi) is 4.61. The fraction of sp³-hybridized carbons (Fsp3) is 0.364. The number of hydrogen-bond acceptors (Lipinski definition) is 3. The van der Waals surface area contributed by atoms with Crippen molar-refractivity contribution in [2.75, 3.05) is 13.7 Å². The molecule has 0 saturated carbocycles. The van der Waals surface area contributed by atoms with Gasteiger partial charge in [-0.05, 0) is 35.0 Å². The number of halogens is 4. The quantitative estimate of drug-likeness (QED) is 0.793. The molecule has 1 aromatic rings. The maximum absolute atomic E-state index is 12.3. The molecule has 0 spiro atoms. The molecule has 18 heavy (non-hydrogen) atoms. The van der Waals surface area contributed by atoms with Crippen molar-refractivity contribution in [2.24, 2.45) is 0 Å². The molecular formula is C11H10BrF3O3. The third-order valence-electron chi connectivity index (χ3n) is 2.03. The Morgan fingerprint density at radius 3 is 2.44 bits per heavy atom. The summed E-state index contributed by atoms with van der Waals surface area (Å²) in [6.07, 6.45) is -4.92. The minimum atomic E-state index is -4.92. The highest BCUT2D eigenvalue weighted by molar-refractivity contribution is 9.10. The van der Waals surface area contributed by atoms with E-state index in [4.69, 9.17) is 9.47 Å². The van der Waals surface area contributed by atoms with Gasteiger partial charge in [0, 0.05) is 5.56 Å². The molecule has 0 fully saturated rings. The summed E-state index contributed by atoms with van der Waals surface area (Å²) in [6, 6.07) is 2.07. The van der Waals surface area contributed by atoms with Crippen LogP contribution in [0.25, 0.3) is 0 Å². The molecule has 7 heteroatoms. The van der Waals surface area contributed by atoms with Crippen molar-refractivity contribution in [3.8, 4) is 11.5 Å². The zero-order chi connectivity index (χ0) is 13.9. The molecule has 3 nitrogen and oxygen atoms in total. The van der Waals surface area contributed by atoms with E-state index in [9.17, 15) is 18.0 Å². The van der Waals surface area contributed by atoms with Crippen LogP contribution in [0.2, 0.25) is 0 Å². The summed E-state index contributed by atoms with van der Waals surface area (Å²) in [4.78, 5) is 11.1. The molecule has 0 aliphatic carbocycles. The molecule has 0 saturated heterocycles. The minimum absolute atomic E-state index is 0.0852. The Labute approximate surface area is 110 Å². The van der Waals surface area contributed by atoms with Crippen LogP contribution >= 0.6 is 15.9 Å². The average Bonchev–Trinajstić information content (AvgIpc) is 2.26. The van der Waals surface area contributed by atoms with Gasteiger partial charge in [0.2, 0.25) is 0 Å². The maximum atomic E-state index is 12.3. The van der Waals surface area contributed by atoms with Crippen molar-refractivity contribution in [2.45, 2.75) is 13.1 Å². The van der Waals surface area contributed by atoms with E-state index in [2.05, 4.69) is 15.9 Å². The standard InChI is InChI=1S/C11H10BrF3O3/c1-3-18-8-5-6(10(16)11(13,14)15)4-7(12)9(8)17-2/h4-5H,3H2,1-2H3. The summed E-state index contributed by atoms with van der Waals surface area (Å²) in [6.45, 7) is 1.91. The molecule has 0 heterocycles. The van der Waals surface area contributed by atoms with Crippen molar-refractivity contribution in [1.29, 1.82) is 0 Å². The lowest BCUT2D eigenvalue weighted by Crippen LogP contribution is -2.22. The van der Waals surface area contributed by atoms with Crippen LogP contribution in [-0.2, 0) is 0 Å². The molecule has 0 aromatic heterocycles. The van der Waals surface area contributed by atoms with Crippen LogP contribution < -0.4 is 9.47 Å². The van der Waals surface area contributed by atoms with E-state index in [0.29, 0.717) is 0 Å². The summed E-state index contributed by atoms with van der Waals surface area (Å²) in [5.74, 6) is -1.59. The van der Waals surface area contributed by atoms with E-state index < -0.39 is 17.5 Å². The van der Waals surface area contributed by atoms with Crippen LogP contribution in [0, 0.1) is 0 Å². The second-order valence-corrected chi connectivity index (χ2v) is 4.10. The first-order chi connectivity index (χ1) is 8.31.